The molecule has 1 aromatic carbocycles. The van der Waals surface area contributed by atoms with Gasteiger partial charge in [-0.1, -0.05) is 32.0 Å². The van der Waals surface area contributed by atoms with Crippen molar-refractivity contribution in [2.24, 2.45) is 5.92 Å². The molecule has 1 saturated heterocycles. The molecule has 2 atom stereocenters. The molecule has 112 valence electrons. The largest absolute Gasteiger partial charge is 0.312 e. The first kappa shape index (κ1) is 15.5. The van der Waals surface area contributed by atoms with E-state index in [1.165, 1.54) is 36.1 Å². The molecule has 1 aliphatic heterocycles. The van der Waals surface area contributed by atoms with Crippen LogP contribution in [0.2, 0.25) is 0 Å². The third-order valence-corrected chi connectivity index (χ3v) is 4.88. The molecule has 0 spiro atoms. The minimum absolute atomic E-state index is 0.439. The first-order valence-corrected chi connectivity index (χ1v) is 8.01. The van der Waals surface area contributed by atoms with Gasteiger partial charge in [0.25, 0.3) is 0 Å². The molecule has 1 fully saturated rings. The van der Waals surface area contributed by atoms with Crippen LogP contribution in [-0.2, 0) is 0 Å². The summed E-state index contributed by atoms with van der Waals surface area (Å²) < 4.78 is 0. The number of likely N-dealkylation sites (tertiary alicyclic amines) is 1. The molecule has 20 heavy (non-hydrogen) atoms. The van der Waals surface area contributed by atoms with E-state index in [2.05, 4.69) is 63.2 Å². The Morgan fingerprint density at radius 2 is 2.00 bits per heavy atom. The van der Waals surface area contributed by atoms with Gasteiger partial charge in [-0.2, -0.15) is 0 Å². The van der Waals surface area contributed by atoms with E-state index < -0.39 is 0 Å². The predicted molar refractivity (Wildman–Crippen MR) is 87.1 cm³/mol. The van der Waals surface area contributed by atoms with Crippen LogP contribution in [0.4, 0.5) is 0 Å². The zero-order valence-corrected chi connectivity index (χ0v) is 13.7. The smallest absolute Gasteiger partial charge is 0.0447 e. The van der Waals surface area contributed by atoms with Crippen molar-refractivity contribution in [2.45, 2.75) is 52.6 Å². The Bertz CT molecular complexity index is 439. The van der Waals surface area contributed by atoms with Gasteiger partial charge in [0.1, 0.15) is 0 Å². The van der Waals surface area contributed by atoms with Crippen LogP contribution in [0.3, 0.4) is 0 Å². The Kier molecular flexibility index (Phi) is 5.22. The predicted octanol–water partition coefficient (Wildman–Crippen LogP) is 3.68. The van der Waals surface area contributed by atoms with E-state index in [4.69, 9.17) is 0 Å². The van der Waals surface area contributed by atoms with Crippen LogP contribution in [0.15, 0.2) is 18.2 Å². The van der Waals surface area contributed by atoms with Crippen molar-refractivity contribution < 1.29 is 0 Å². The van der Waals surface area contributed by atoms with E-state index in [0.717, 1.165) is 18.5 Å². The quantitative estimate of drug-likeness (QED) is 0.881. The number of nitrogens with one attached hydrogen (secondary N) is 1. The van der Waals surface area contributed by atoms with Gasteiger partial charge in [0.05, 0.1) is 0 Å². The highest BCUT2D eigenvalue weighted by atomic mass is 15.2. The van der Waals surface area contributed by atoms with E-state index in [1.807, 2.05) is 0 Å². The van der Waals surface area contributed by atoms with Crippen LogP contribution in [0, 0.1) is 19.8 Å². The highest BCUT2D eigenvalue weighted by molar-refractivity contribution is 5.32. The zero-order valence-electron chi connectivity index (χ0n) is 13.7. The van der Waals surface area contributed by atoms with Crippen molar-refractivity contribution in [3.05, 3.63) is 34.9 Å². The average molecular weight is 274 g/mol. The number of hydrogen-bond donors (Lipinski definition) is 1. The van der Waals surface area contributed by atoms with Crippen LogP contribution < -0.4 is 5.32 Å². The Balaban J connectivity index is 2.10. The molecule has 0 bridgehead atoms. The lowest BCUT2D eigenvalue weighted by atomic mass is 9.98. The minimum Gasteiger partial charge on any atom is -0.312 e. The van der Waals surface area contributed by atoms with Crippen molar-refractivity contribution >= 4 is 0 Å². The third-order valence-electron chi connectivity index (χ3n) is 4.88. The Labute approximate surface area is 124 Å². The summed E-state index contributed by atoms with van der Waals surface area (Å²) >= 11 is 0. The van der Waals surface area contributed by atoms with E-state index in [-0.39, 0.29) is 0 Å². The average Bonchev–Trinajstić information content (AvgIpc) is 2.87. The summed E-state index contributed by atoms with van der Waals surface area (Å²) in [7, 11) is 2.08. The van der Waals surface area contributed by atoms with Gasteiger partial charge >= 0.3 is 0 Å². The molecular weight excluding hydrogens is 244 g/mol. The molecule has 2 unspecified atom stereocenters. The van der Waals surface area contributed by atoms with Gasteiger partial charge in [-0.15, -0.1) is 0 Å². The van der Waals surface area contributed by atoms with Crippen molar-refractivity contribution in [1.82, 2.24) is 10.2 Å². The van der Waals surface area contributed by atoms with Gasteiger partial charge in [-0.3, -0.25) is 4.90 Å². The molecule has 1 aliphatic rings. The molecule has 0 aliphatic carbocycles. The van der Waals surface area contributed by atoms with Gasteiger partial charge in [-0.25, -0.2) is 0 Å². The molecule has 0 aromatic heterocycles. The van der Waals surface area contributed by atoms with Gasteiger partial charge in [0.2, 0.25) is 0 Å². The highest BCUT2D eigenvalue weighted by Crippen LogP contribution is 2.27. The van der Waals surface area contributed by atoms with Crippen molar-refractivity contribution in [3.63, 3.8) is 0 Å². The summed E-state index contributed by atoms with van der Waals surface area (Å²) in [5, 5.41) is 3.51. The van der Waals surface area contributed by atoms with E-state index in [0.29, 0.717) is 6.04 Å². The molecule has 1 heterocycles. The molecule has 1 aromatic rings. The lowest BCUT2D eigenvalue weighted by Gasteiger charge is -2.31. The lowest BCUT2D eigenvalue weighted by molar-refractivity contribution is 0.188. The first-order valence-electron chi connectivity index (χ1n) is 8.01. The molecule has 2 rings (SSSR count). The van der Waals surface area contributed by atoms with Crippen molar-refractivity contribution in [1.29, 1.82) is 0 Å². The fraction of sp³-hybridized carbons (Fsp3) is 0.667. The Morgan fingerprint density at radius 3 is 2.60 bits per heavy atom. The number of benzene rings is 1. The fourth-order valence-electron chi connectivity index (χ4n) is 3.41. The number of nitrogens with zero attached hydrogens (tertiary/aromatic N) is 1. The lowest BCUT2D eigenvalue weighted by Crippen LogP contribution is -2.39. The molecule has 0 radical (unpaired) electrons. The standard InChI is InChI=1S/C18H30N2/c1-13(2)18-7-6-10-20(18)12-17(19-5)16-9-8-14(3)15(4)11-16/h8-9,11,13,17-19H,6-7,10,12H2,1-5H3. The van der Waals surface area contributed by atoms with Crippen LogP contribution in [0.1, 0.15) is 49.4 Å². The maximum absolute atomic E-state index is 3.51. The Morgan fingerprint density at radius 1 is 1.25 bits per heavy atom. The minimum atomic E-state index is 0.439. The third kappa shape index (κ3) is 3.42. The summed E-state index contributed by atoms with van der Waals surface area (Å²) in [5.74, 6) is 0.759. The van der Waals surface area contributed by atoms with Gasteiger partial charge in [0.15, 0.2) is 0 Å². The van der Waals surface area contributed by atoms with Crippen LogP contribution in [-0.4, -0.2) is 31.1 Å². The molecular formula is C18H30N2. The number of aryl methyl sites for hydroxylation is 2. The van der Waals surface area contributed by atoms with E-state index >= 15 is 0 Å². The maximum atomic E-state index is 3.51. The molecule has 1 N–H and O–H groups in total. The summed E-state index contributed by atoms with van der Waals surface area (Å²) in [6.45, 7) is 11.5. The normalized spacial score (nSPS) is 21.6. The summed E-state index contributed by atoms with van der Waals surface area (Å²) in [5.41, 5.74) is 4.19. The van der Waals surface area contributed by atoms with Gasteiger partial charge < -0.3 is 5.32 Å². The Hall–Kier alpha value is -0.860. The molecule has 2 heteroatoms. The molecule has 0 amide bonds. The number of hydrogen-bond acceptors (Lipinski definition) is 2. The van der Waals surface area contributed by atoms with Gasteiger partial charge in [0, 0.05) is 18.6 Å². The SMILES string of the molecule is CNC(CN1CCCC1C(C)C)c1ccc(C)c(C)c1. The summed E-state index contributed by atoms with van der Waals surface area (Å²) in [4.78, 5) is 2.68. The van der Waals surface area contributed by atoms with E-state index in [9.17, 15) is 0 Å². The van der Waals surface area contributed by atoms with Gasteiger partial charge in [-0.05, 0) is 62.9 Å². The molecule has 2 nitrogen and oxygen atoms in total. The second-order valence-corrected chi connectivity index (χ2v) is 6.63. The van der Waals surface area contributed by atoms with Crippen LogP contribution in [0.25, 0.3) is 0 Å². The zero-order chi connectivity index (χ0) is 14.7. The van der Waals surface area contributed by atoms with Crippen molar-refractivity contribution in [3.8, 4) is 0 Å². The second-order valence-electron chi connectivity index (χ2n) is 6.63. The van der Waals surface area contributed by atoms with Crippen molar-refractivity contribution in [2.75, 3.05) is 20.1 Å². The van der Waals surface area contributed by atoms with Crippen LogP contribution >= 0.6 is 0 Å². The van der Waals surface area contributed by atoms with E-state index in [1.54, 1.807) is 0 Å². The van der Waals surface area contributed by atoms with Crippen LogP contribution in [0.5, 0.6) is 0 Å². The highest BCUT2D eigenvalue weighted by Gasteiger charge is 2.28. The summed E-state index contributed by atoms with van der Waals surface area (Å²) in [6.07, 6.45) is 2.72. The first-order chi connectivity index (χ1) is 9.52. The number of rotatable bonds is 5. The fourth-order valence-corrected chi connectivity index (χ4v) is 3.41. The molecule has 0 saturated carbocycles. The topological polar surface area (TPSA) is 15.3 Å². The monoisotopic (exact) mass is 274 g/mol. The maximum Gasteiger partial charge on any atom is 0.0447 e. The summed E-state index contributed by atoms with van der Waals surface area (Å²) in [6, 6.07) is 8.07. The number of likely N-dealkylation sites (N-methyl/N-ethyl adjacent to an activating group) is 1. The second kappa shape index (κ2) is 6.73.